The van der Waals surface area contributed by atoms with Crippen molar-refractivity contribution >= 4 is 110 Å². The average Bonchev–Trinajstić information content (AvgIpc) is 3.63. The molecule has 9 aromatic carbocycles. The molecule has 0 radical (unpaired) electrons. The first-order chi connectivity index (χ1) is 27.4. The lowest BCUT2D eigenvalue weighted by Crippen LogP contribution is -2.55. The summed E-state index contributed by atoms with van der Waals surface area (Å²) in [5, 5.41) is 7.30. The van der Waals surface area contributed by atoms with E-state index in [9.17, 15) is 0 Å². The van der Waals surface area contributed by atoms with E-state index in [0.29, 0.717) is 0 Å². The van der Waals surface area contributed by atoms with Crippen molar-refractivity contribution in [1.29, 1.82) is 0 Å². The Morgan fingerprint density at radius 2 is 0.768 bits per heavy atom. The number of benzene rings is 9. The van der Waals surface area contributed by atoms with Crippen LogP contribution in [0.2, 0.25) is 0 Å². The largest absolute Gasteiger partial charge is 0.455 e. The second-order valence-electron chi connectivity index (χ2n) is 15.4. The minimum atomic E-state index is 0.887. The van der Waals surface area contributed by atoms with Crippen molar-refractivity contribution in [3.05, 3.63) is 164 Å². The second-order valence-corrected chi connectivity index (χ2v) is 15.4. The number of hydrogen-bond donors (Lipinski definition) is 0. The van der Waals surface area contributed by atoms with Gasteiger partial charge in [-0.3, -0.25) is 0 Å². The van der Waals surface area contributed by atoms with E-state index in [1.807, 2.05) is 0 Å². The predicted molar refractivity (Wildman–Crippen MR) is 257 cm³/mol. The first kappa shape index (κ1) is 34.1. The van der Waals surface area contributed by atoms with Crippen LogP contribution in [0.1, 0.15) is 0 Å². The molecular formula is C50H37B5O. The van der Waals surface area contributed by atoms with Crippen molar-refractivity contribution < 1.29 is 4.42 Å². The van der Waals surface area contributed by atoms with E-state index in [-0.39, 0.29) is 0 Å². The third-order valence-electron chi connectivity index (χ3n) is 12.4. The maximum absolute atomic E-state index is 6.82. The Balaban J connectivity index is 1.25. The normalized spacial score (nSPS) is 11.6. The summed E-state index contributed by atoms with van der Waals surface area (Å²) < 4.78 is 6.82. The van der Waals surface area contributed by atoms with Gasteiger partial charge in [-0.15, -0.1) is 16.4 Å². The van der Waals surface area contributed by atoms with Crippen molar-refractivity contribution in [3.63, 3.8) is 0 Å². The Morgan fingerprint density at radius 1 is 0.286 bits per heavy atom. The first-order valence-electron chi connectivity index (χ1n) is 19.6. The Bertz CT molecular complexity index is 3100. The number of rotatable bonds is 5. The summed E-state index contributed by atoms with van der Waals surface area (Å²) in [6, 6.07) is 59.5. The molecule has 0 fully saturated rings. The zero-order valence-electron chi connectivity index (χ0n) is 32.5. The van der Waals surface area contributed by atoms with Gasteiger partial charge < -0.3 is 4.42 Å². The maximum Gasteiger partial charge on any atom is 0.143 e. The third kappa shape index (κ3) is 5.39. The summed E-state index contributed by atoms with van der Waals surface area (Å²) in [5.41, 5.74) is 20.7. The molecule has 258 valence electrons. The van der Waals surface area contributed by atoms with Gasteiger partial charge in [0, 0.05) is 16.3 Å². The van der Waals surface area contributed by atoms with Crippen molar-refractivity contribution in [1.82, 2.24) is 0 Å². The molecule has 56 heavy (non-hydrogen) atoms. The molecule has 1 aromatic heterocycles. The fourth-order valence-electron chi connectivity index (χ4n) is 9.13. The molecule has 1 heterocycles. The standard InChI is InChI=1S/C50H37B5O/c51-45-44(46(52)48(54)49(55)47(45)53)43-36-20-9-7-18-34(36)42(35-19-8-10-21-37(35)43)32-22-23-41-39(25-32)40-27-33(26-38(50(40)56-41)29-14-5-2-6-15-29)31-17-11-16-30(24-31)28-12-3-1-4-13-28/h1-27H,51-55H2. The maximum atomic E-state index is 6.82. The van der Waals surface area contributed by atoms with Gasteiger partial charge in [-0.05, 0) is 102 Å². The molecule has 0 bridgehead atoms. The molecule has 0 aliphatic rings. The van der Waals surface area contributed by atoms with Crippen molar-refractivity contribution in [3.8, 4) is 55.6 Å². The lowest BCUT2D eigenvalue weighted by molar-refractivity contribution is 0.670. The summed E-state index contributed by atoms with van der Waals surface area (Å²) in [4.78, 5) is 0. The fourth-order valence-corrected chi connectivity index (χ4v) is 9.13. The smallest absolute Gasteiger partial charge is 0.143 e. The summed E-state index contributed by atoms with van der Waals surface area (Å²) >= 11 is 0. The Labute approximate surface area is 332 Å². The first-order valence-corrected chi connectivity index (χ1v) is 19.6. The highest BCUT2D eigenvalue weighted by Crippen LogP contribution is 2.45. The lowest BCUT2D eigenvalue weighted by Gasteiger charge is -2.24. The molecule has 0 unspecified atom stereocenters. The highest BCUT2D eigenvalue weighted by atomic mass is 16.3. The van der Waals surface area contributed by atoms with E-state index < -0.39 is 0 Å². The van der Waals surface area contributed by atoms with Crippen LogP contribution in [-0.2, 0) is 0 Å². The molecule has 1 nitrogen and oxygen atoms in total. The Morgan fingerprint density at radius 3 is 1.38 bits per heavy atom. The summed E-state index contributed by atoms with van der Waals surface area (Å²) in [5.74, 6) is 0. The quantitative estimate of drug-likeness (QED) is 0.170. The third-order valence-corrected chi connectivity index (χ3v) is 12.4. The van der Waals surface area contributed by atoms with Gasteiger partial charge in [-0.2, -0.15) is 0 Å². The van der Waals surface area contributed by atoms with Gasteiger partial charge in [0.2, 0.25) is 0 Å². The van der Waals surface area contributed by atoms with E-state index in [2.05, 4.69) is 203 Å². The van der Waals surface area contributed by atoms with E-state index in [1.165, 1.54) is 87.8 Å². The van der Waals surface area contributed by atoms with E-state index in [4.69, 9.17) is 4.42 Å². The average molecular weight is 708 g/mol. The number of hydrogen-bond acceptors (Lipinski definition) is 1. The predicted octanol–water partition coefficient (Wildman–Crippen LogP) is 5.52. The van der Waals surface area contributed by atoms with Crippen LogP contribution >= 0.6 is 0 Å². The van der Waals surface area contributed by atoms with Gasteiger partial charge in [0.25, 0.3) is 0 Å². The minimum absolute atomic E-state index is 0.887. The Hall–Kier alpha value is -6.38. The molecule has 0 saturated carbocycles. The molecule has 0 aliphatic heterocycles. The molecule has 0 aliphatic carbocycles. The van der Waals surface area contributed by atoms with Gasteiger partial charge in [0.15, 0.2) is 0 Å². The summed E-state index contributed by atoms with van der Waals surface area (Å²) in [6.45, 7) is 0. The van der Waals surface area contributed by atoms with Gasteiger partial charge in [-0.1, -0.05) is 144 Å². The van der Waals surface area contributed by atoms with Crippen LogP contribution in [-0.4, -0.2) is 39.2 Å². The molecule has 10 aromatic rings. The second kappa shape index (κ2) is 13.4. The summed E-state index contributed by atoms with van der Waals surface area (Å²) in [6.07, 6.45) is 0. The van der Waals surface area contributed by atoms with Crippen molar-refractivity contribution in [2.75, 3.05) is 0 Å². The summed E-state index contributed by atoms with van der Waals surface area (Å²) in [7, 11) is 11.4. The van der Waals surface area contributed by atoms with Crippen LogP contribution in [0.4, 0.5) is 0 Å². The van der Waals surface area contributed by atoms with Gasteiger partial charge in [-0.25, -0.2) is 0 Å². The molecule has 0 saturated heterocycles. The molecule has 10 rings (SSSR count). The van der Waals surface area contributed by atoms with Crippen molar-refractivity contribution in [2.45, 2.75) is 0 Å². The van der Waals surface area contributed by atoms with Crippen LogP contribution in [0.3, 0.4) is 0 Å². The fraction of sp³-hybridized carbons (Fsp3) is 0. The van der Waals surface area contributed by atoms with Crippen LogP contribution in [0.5, 0.6) is 0 Å². The molecule has 0 N–H and O–H groups in total. The molecule has 6 heteroatoms. The van der Waals surface area contributed by atoms with Crippen LogP contribution in [0, 0.1) is 0 Å². The zero-order chi connectivity index (χ0) is 38.1. The molecule has 0 amide bonds. The number of furan rings is 1. The molecular weight excluding hydrogens is 671 g/mol. The zero-order valence-corrected chi connectivity index (χ0v) is 32.5. The van der Waals surface area contributed by atoms with E-state index >= 15 is 0 Å². The van der Waals surface area contributed by atoms with Gasteiger partial charge in [0.1, 0.15) is 50.4 Å². The molecule has 0 atom stereocenters. The van der Waals surface area contributed by atoms with Crippen LogP contribution in [0.25, 0.3) is 99.1 Å². The van der Waals surface area contributed by atoms with Gasteiger partial charge in [0.05, 0.1) is 0 Å². The van der Waals surface area contributed by atoms with E-state index in [0.717, 1.165) is 38.6 Å². The van der Waals surface area contributed by atoms with Crippen LogP contribution in [0.15, 0.2) is 168 Å². The topological polar surface area (TPSA) is 13.1 Å². The lowest BCUT2D eigenvalue weighted by atomic mass is 9.59. The van der Waals surface area contributed by atoms with Crippen LogP contribution < -0.4 is 27.3 Å². The monoisotopic (exact) mass is 708 g/mol. The number of fused-ring (bicyclic) bond motifs is 5. The highest BCUT2D eigenvalue weighted by molar-refractivity contribution is 6.69. The van der Waals surface area contributed by atoms with Crippen molar-refractivity contribution in [2.24, 2.45) is 0 Å². The van der Waals surface area contributed by atoms with Gasteiger partial charge >= 0.3 is 0 Å². The Kier molecular flexibility index (Phi) is 8.19. The SMILES string of the molecule is Bc1c(B)c(B)c(-c2c3ccccc3c(-c3ccc4oc5c(-c6ccccc6)cc(-c6cccc(-c7ccccc7)c6)cc5c4c3)c3ccccc23)c(B)c1B. The molecule has 0 spiro atoms. The minimum Gasteiger partial charge on any atom is -0.455 e. The van der Waals surface area contributed by atoms with E-state index in [1.54, 1.807) is 0 Å². The highest BCUT2D eigenvalue weighted by Gasteiger charge is 2.22.